The molecule has 0 unspecified atom stereocenters. The Morgan fingerprint density at radius 3 is 2.38 bits per heavy atom. The Kier molecular flexibility index (Phi) is 5.08. The molecule has 1 aliphatic rings. The molecule has 0 bridgehead atoms. The van der Waals surface area contributed by atoms with Crippen LogP contribution in [-0.2, 0) is 4.79 Å². The smallest absolute Gasteiger partial charge is 0.227 e. The fourth-order valence-corrected chi connectivity index (χ4v) is 3.19. The van der Waals surface area contributed by atoms with E-state index in [2.05, 4.69) is 20.6 Å². The number of rotatable bonds is 4. The number of anilines is 3. The van der Waals surface area contributed by atoms with Gasteiger partial charge in [-0.1, -0.05) is 25.3 Å². The molecule has 0 spiro atoms. The van der Waals surface area contributed by atoms with Gasteiger partial charge < -0.3 is 10.6 Å². The van der Waals surface area contributed by atoms with E-state index < -0.39 is 0 Å². The molecule has 0 aliphatic heterocycles. The van der Waals surface area contributed by atoms with Gasteiger partial charge in [0.1, 0.15) is 0 Å². The van der Waals surface area contributed by atoms with Crippen molar-refractivity contribution in [3.63, 3.8) is 0 Å². The van der Waals surface area contributed by atoms with E-state index in [0.717, 1.165) is 48.4 Å². The Labute approximate surface area is 142 Å². The molecule has 3 rings (SSSR count). The van der Waals surface area contributed by atoms with E-state index >= 15 is 0 Å². The molecule has 5 heteroatoms. The normalized spacial score (nSPS) is 15.1. The van der Waals surface area contributed by atoms with E-state index in [4.69, 9.17) is 0 Å². The highest BCUT2D eigenvalue weighted by Crippen LogP contribution is 2.26. The van der Waals surface area contributed by atoms with E-state index in [1.54, 1.807) is 0 Å². The van der Waals surface area contributed by atoms with E-state index in [9.17, 15) is 4.79 Å². The number of nitrogens with one attached hydrogen (secondary N) is 2. The Hall–Kier alpha value is -2.43. The van der Waals surface area contributed by atoms with Crippen molar-refractivity contribution in [3.05, 3.63) is 41.7 Å². The highest BCUT2D eigenvalue weighted by molar-refractivity contribution is 5.93. The maximum Gasteiger partial charge on any atom is 0.227 e. The number of nitrogens with zero attached hydrogens (tertiary/aromatic N) is 2. The van der Waals surface area contributed by atoms with Crippen LogP contribution < -0.4 is 10.6 Å². The molecule has 5 nitrogen and oxygen atoms in total. The molecule has 0 saturated heterocycles. The van der Waals surface area contributed by atoms with Crippen molar-refractivity contribution >= 4 is 23.2 Å². The average Bonchev–Trinajstić information content (AvgIpc) is 2.55. The third kappa shape index (κ3) is 4.31. The molecule has 1 fully saturated rings. The predicted octanol–water partition coefficient (Wildman–Crippen LogP) is 4.36. The lowest BCUT2D eigenvalue weighted by Crippen LogP contribution is -2.24. The number of hydrogen-bond acceptors (Lipinski definition) is 4. The molecule has 126 valence electrons. The van der Waals surface area contributed by atoms with Gasteiger partial charge in [0, 0.05) is 28.7 Å². The summed E-state index contributed by atoms with van der Waals surface area (Å²) in [6.07, 6.45) is 5.56. The molecule has 1 aromatic heterocycles. The van der Waals surface area contributed by atoms with Crippen LogP contribution in [0.15, 0.2) is 30.3 Å². The lowest BCUT2D eigenvalue weighted by atomic mass is 9.88. The minimum Gasteiger partial charge on any atom is -0.326 e. The molecule has 1 heterocycles. The summed E-state index contributed by atoms with van der Waals surface area (Å²) in [5.74, 6) is 0.857. The van der Waals surface area contributed by atoms with Crippen LogP contribution in [0, 0.1) is 19.8 Å². The van der Waals surface area contributed by atoms with Crippen LogP contribution in [0.1, 0.15) is 43.5 Å². The van der Waals surface area contributed by atoms with Gasteiger partial charge in [-0.05, 0) is 51.0 Å². The second-order valence-corrected chi connectivity index (χ2v) is 6.50. The third-order valence-corrected chi connectivity index (χ3v) is 4.34. The molecular formula is C19H24N4O. The first-order valence-electron chi connectivity index (χ1n) is 8.60. The monoisotopic (exact) mass is 324 g/mol. The van der Waals surface area contributed by atoms with Crippen molar-refractivity contribution in [1.82, 2.24) is 9.97 Å². The Balaban J connectivity index is 1.68. The van der Waals surface area contributed by atoms with Gasteiger partial charge in [-0.3, -0.25) is 4.79 Å². The number of benzene rings is 1. The summed E-state index contributed by atoms with van der Waals surface area (Å²) in [6, 6.07) is 9.63. The Morgan fingerprint density at radius 1 is 1.00 bits per heavy atom. The summed E-state index contributed by atoms with van der Waals surface area (Å²) in [7, 11) is 0. The average molecular weight is 324 g/mol. The number of aryl methyl sites for hydroxylation is 2. The van der Waals surface area contributed by atoms with Crippen molar-refractivity contribution in [1.29, 1.82) is 0 Å². The fraction of sp³-hybridized carbons (Fsp3) is 0.421. The van der Waals surface area contributed by atoms with Gasteiger partial charge in [0.15, 0.2) is 0 Å². The molecule has 24 heavy (non-hydrogen) atoms. The predicted molar refractivity (Wildman–Crippen MR) is 96.4 cm³/mol. The van der Waals surface area contributed by atoms with Crippen LogP contribution in [0.25, 0.3) is 0 Å². The van der Waals surface area contributed by atoms with Gasteiger partial charge in [0.25, 0.3) is 0 Å². The van der Waals surface area contributed by atoms with Crippen molar-refractivity contribution < 1.29 is 4.79 Å². The number of hydrogen-bond donors (Lipinski definition) is 2. The molecule has 1 aliphatic carbocycles. The first-order valence-corrected chi connectivity index (χ1v) is 8.60. The molecule has 0 atom stereocenters. The second kappa shape index (κ2) is 7.43. The summed E-state index contributed by atoms with van der Waals surface area (Å²) in [6.45, 7) is 3.89. The van der Waals surface area contributed by atoms with Crippen LogP contribution in [0.4, 0.5) is 17.3 Å². The number of carbonyl (C=O) groups excluding carboxylic acids is 1. The number of aromatic nitrogens is 2. The quantitative estimate of drug-likeness (QED) is 0.877. The van der Waals surface area contributed by atoms with Crippen LogP contribution in [-0.4, -0.2) is 15.9 Å². The first-order chi connectivity index (χ1) is 11.6. The van der Waals surface area contributed by atoms with Gasteiger partial charge in [0.2, 0.25) is 11.9 Å². The van der Waals surface area contributed by atoms with E-state index in [0.29, 0.717) is 5.95 Å². The minimum atomic E-state index is 0.134. The van der Waals surface area contributed by atoms with Crippen molar-refractivity contribution in [2.24, 2.45) is 5.92 Å². The lowest BCUT2D eigenvalue weighted by molar-refractivity contribution is -0.120. The second-order valence-electron chi connectivity index (χ2n) is 6.50. The van der Waals surface area contributed by atoms with E-state index in [1.807, 2.05) is 44.2 Å². The fourth-order valence-electron chi connectivity index (χ4n) is 3.19. The maximum absolute atomic E-state index is 12.4. The van der Waals surface area contributed by atoms with E-state index in [1.165, 1.54) is 6.42 Å². The largest absolute Gasteiger partial charge is 0.326 e. The van der Waals surface area contributed by atoms with Crippen molar-refractivity contribution in [2.45, 2.75) is 46.0 Å². The first kappa shape index (κ1) is 16.4. The standard InChI is InChI=1S/C19H24N4O/c1-13-11-14(2)21-19(20-13)23-17-10-6-9-16(12-17)22-18(24)15-7-4-3-5-8-15/h6,9-12,15H,3-5,7-8H2,1-2H3,(H,22,24)(H,20,21,23). The highest BCUT2D eigenvalue weighted by Gasteiger charge is 2.21. The van der Waals surface area contributed by atoms with Crippen molar-refractivity contribution in [3.8, 4) is 0 Å². The zero-order valence-electron chi connectivity index (χ0n) is 14.3. The summed E-state index contributed by atoms with van der Waals surface area (Å²) in [5, 5.41) is 6.25. The van der Waals surface area contributed by atoms with Crippen LogP contribution in [0.5, 0.6) is 0 Å². The maximum atomic E-state index is 12.4. The molecule has 1 aromatic carbocycles. The lowest BCUT2D eigenvalue weighted by Gasteiger charge is -2.20. The zero-order valence-corrected chi connectivity index (χ0v) is 14.3. The zero-order chi connectivity index (χ0) is 16.9. The van der Waals surface area contributed by atoms with Crippen LogP contribution >= 0.6 is 0 Å². The number of carbonyl (C=O) groups is 1. The highest BCUT2D eigenvalue weighted by atomic mass is 16.1. The van der Waals surface area contributed by atoms with Gasteiger partial charge >= 0.3 is 0 Å². The third-order valence-electron chi connectivity index (χ3n) is 4.34. The summed E-state index contributed by atoms with van der Waals surface area (Å²) in [5.41, 5.74) is 3.51. The SMILES string of the molecule is Cc1cc(C)nc(Nc2cccc(NC(=O)C3CCCCC3)c2)n1. The minimum absolute atomic E-state index is 0.134. The van der Waals surface area contributed by atoms with Gasteiger partial charge in [-0.2, -0.15) is 0 Å². The topological polar surface area (TPSA) is 66.9 Å². The summed E-state index contributed by atoms with van der Waals surface area (Å²) < 4.78 is 0. The molecule has 2 aromatic rings. The Bertz CT molecular complexity index is 703. The molecule has 2 N–H and O–H groups in total. The summed E-state index contributed by atoms with van der Waals surface area (Å²) >= 11 is 0. The number of amides is 1. The van der Waals surface area contributed by atoms with Crippen LogP contribution in [0.2, 0.25) is 0 Å². The van der Waals surface area contributed by atoms with Gasteiger partial charge in [-0.15, -0.1) is 0 Å². The molecular weight excluding hydrogens is 300 g/mol. The van der Waals surface area contributed by atoms with Crippen LogP contribution in [0.3, 0.4) is 0 Å². The van der Waals surface area contributed by atoms with Gasteiger partial charge in [0.05, 0.1) is 0 Å². The Morgan fingerprint density at radius 2 is 1.67 bits per heavy atom. The van der Waals surface area contributed by atoms with Crippen molar-refractivity contribution in [2.75, 3.05) is 10.6 Å². The van der Waals surface area contributed by atoms with Gasteiger partial charge in [-0.25, -0.2) is 9.97 Å². The molecule has 0 radical (unpaired) electrons. The molecule has 1 amide bonds. The summed E-state index contributed by atoms with van der Waals surface area (Å²) in [4.78, 5) is 21.1. The van der Waals surface area contributed by atoms with E-state index in [-0.39, 0.29) is 11.8 Å². The molecule has 1 saturated carbocycles.